The Balaban J connectivity index is 2.36. The molecule has 0 unspecified atom stereocenters. The van der Waals surface area contributed by atoms with Crippen molar-refractivity contribution >= 4 is 22.5 Å². The summed E-state index contributed by atoms with van der Waals surface area (Å²) in [5.41, 5.74) is 3.00. The summed E-state index contributed by atoms with van der Waals surface area (Å²) in [7, 11) is 0. The lowest BCUT2D eigenvalue weighted by Gasteiger charge is -2.20. The number of hydrogen-bond donors (Lipinski definition) is 0. The molecule has 0 saturated heterocycles. The summed E-state index contributed by atoms with van der Waals surface area (Å²) in [6.07, 6.45) is 3.76. The van der Waals surface area contributed by atoms with E-state index in [1.54, 1.807) is 0 Å². The van der Waals surface area contributed by atoms with Crippen LogP contribution in [0.3, 0.4) is 0 Å². The predicted molar refractivity (Wildman–Crippen MR) is 74.1 cm³/mol. The van der Waals surface area contributed by atoms with Crippen LogP contribution in [0.2, 0.25) is 0 Å². The first-order valence-electron chi connectivity index (χ1n) is 6.31. The van der Waals surface area contributed by atoms with Gasteiger partial charge >= 0.3 is 0 Å². The van der Waals surface area contributed by atoms with E-state index in [1.165, 1.54) is 0 Å². The molecule has 18 heavy (non-hydrogen) atoms. The minimum atomic E-state index is 0.899. The van der Waals surface area contributed by atoms with Crippen molar-refractivity contribution in [2.45, 2.75) is 13.8 Å². The number of benzene rings is 1. The first-order valence-corrected chi connectivity index (χ1v) is 6.31. The third-order valence-corrected chi connectivity index (χ3v) is 3.30. The number of hydrogen-bond acceptors (Lipinski definition) is 3. The van der Waals surface area contributed by atoms with Crippen molar-refractivity contribution in [1.29, 1.82) is 0 Å². The van der Waals surface area contributed by atoms with Crippen LogP contribution in [0.25, 0.3) is 16.7 Å². The molecule has 2 aromatic heterocycles. The average Bonchev–Trinajstić information content (AvgIpc) is 2.85. The summed E-state index contributed by atoms with van der Waals surface area (Å²) in [6, 6.07) is 8.16. The van der Waals surface area contributed by atoms with Crippen LogP contribution in [-0.2, 0) is 0 Å². The van der Waals surface area contributed by atoms with E-state index in [2.05, 4.69) is 39.2 Å². The minimum absolute atomic E-state index is 0.899. The van der Waals surface area contributed by atoms with Crippen LogP contribution in [0, 0.1) is 0 Å². The minimum Gasteiger partial charge on any atom is -0.357 e. The largest absolute Gasteiger partial charge is 0.357 e. The lowest BCUT2D eigenvalue weighted by Crippen LogP contribution is -2.23. The van der Waals surface area contributed by atoms with Gasteiger partial charge in [-0.3, -0.25) is 9.38 Å². The maximum Gasteiger partial charge on any atom is 0.157 e. The number of imidazole rings is 1. The third-order valence-electron chi connectivity index (χ3n) is 3.30. The summed E-state index contributed by atoms with van der Waals surface area (Å²) < 4.78 is 2.18. The Kier molecular flexibility index (Phi) is 2.63. The van der Waals surface area contributed by atoms with Crippen LogP contribution in [-0.4, -0.2) is 27.5 Å². The molecule has 4 nitrogen and oxygen atoms in total. The lowest BCUT2D eigenvalue weighted by molar-refractivity contribution is 0.843. The Morgan fingerprint density at radius 1 is 1.06 bits per heavy atom. The highest BCUT2D eigenvalue weighted by atomic mass is 15.2. The van der Waals surface area contributed by atoms with Crippen molar-refractivity contribution in [2.24, 2.45) is 0 Å². The van der Waals surface area contributed by atoms with Gasteiger partial charge in [0, 0.05) is 13.1 Å². The van der Waals surface area contributed by atoms with Gasteiger partial charge < -0.3 is 4.90 Å². The molecule has 0 N–H and O–H groups in total. The molecule has 0 aliphatic carbocycles. The lowest BCUT2D eigenvalue weighted by atomic mass is 10.3. The van der Waals surface area contributed by atoms with Crippen molar-refractivity contribution in [3.05, 3.63) is 36.7 Å². The zero-order chi connectivity index (χ0) is 12.5. The number of anilines is 1. The van der Waals surface area contributed by atoms with E-state index in [-0.39, 0.29) is 0 Å². The smallest absolute Gasteiger partial charge is 0.157 e. The average molecular weight is 240 g/mol. The van der Waals surface area contributed by atoms with E-state index >= 15 is 0 Å². The van der Waals surface area contributed by atoms with Gasteiger partial charge in [-0.25, -0.2) is 4.98 Å². The maximum absolute atomic E-state index is 4.44. The van der Waals surface area contributed by atoms with Gasteiger partial charge in [-0.15, -0.1) is 0 Å². The quantitative estimate of drug-likeness (QED) is 0.705. The summed E-state index contributed by atoms with van der Waals surface area (Å²) in [6.45, 7) is 6.26. The first-order chi connectivity index (χ1) is 8.85. The molecule has 0 amide bonds. The van der Waals surface area contributed by atoms with E-state index in [0.29, 0.717) is 0 Å². The summed E-state index contributed by atoms with van der Waals surface area (Å²) in [4.78, 5) is 11.2. The van der Waals surface area contributed by atoms with Crippen molar-refractivity contribution in [1.82, 2.24) is 14.4 Å². The molecule has 0 radical (unpaired) electrons. The fraction of sp³-hybridized carbons (Fsp3) is 0.286. The van der Waals surface area contributed by atoms with Crippen LogP contribution in [0.1, 0.15) is 13.8 Å². The molecule has 0 aliphatic rings. The summed E-state index contributed by atoms with van der Waals surface area (Å²) in [5, 5.41) is 0. The van der Waals surface area contributed by atoms with Gasteiger partial charge in [0.1, 0.15) is 5.82 Å². The number of rotatable bonds is 3. The van der Waals surface area contributed by atoms with E-state index in [4.69, 9.17) is 0 Å². The second-order valence-corrected chi connectivity index (χ2v) is 4.23. The van der Waals surface area contributed by atoms with E-state index < -0.39 is 0 Å². The summed E-state index contributed by atoms with van der Waals surface area (Å²) >= 11 is 0. The van der Waals surface area contributed by atoms with Crippen molar-refractivity contribution in [2.75, 3.05) is 18.0 Å². The monoisotopic (exact) mass is 240 g/mol. The maximum atomic E-state index is 4.44. The number of fused-ring (bicyclic) bond motifs is 3. The van der Waals surface area contributed by atoms with Crippen LogP contribution >= 0.6 is 0 Å². The number of nitrogens with zero attached hydrogens (tertiary/aromatic N) is 4. The van der Waals surface area contributed by atoms with Crippen molar-refractivity contribution in [3.8, 4) is 0 Å². The fourth-order valence-electron chi connectivity index (χ4n) is 2.35. The zero-order valence-corrected chi connectivity index (χ0v) is 10.7. The Morgan fingerprint density at radius 2 is 1.83 bits per heavy atom. The predicted octanol–water partition coefficient (Wildman–Crippen LogP) is 2.73. The molecular weight excluding hydrogens is 224 g/mol. The molecule has 1 aromatic carbocycles. The van der Waals surface area contributed by atoms with Crippen LogP contribution in [0.15, 0.2) is 36.7 Å². The van der Waals surface area contributed by atoms with Gasteiger partial charge in [0.15, 0.2) is 5.65 Å². The van der Waals surface area contributed by atoms with Crippen LogP contribution in [0.4, 0.5) is 5.82 Å². The molecule has 92 valence electrons. The highest BCUT2D eigenvalue weighted by Gasteiger charge is 2.11. The Hall–Kier alpha value is -2.10. The van der Waals surface area contributed by atoms with Gasteiger partial charge in [0.05, 0.1) is 23.4 Å². The van der Waals surface area contributed by atoms with Crippen molar-refractivity contribution < 1.29 is 0 Å². The fourth-order valence-corrected chi connectivity index (χ4v) is 2.35. The normalized spacial score (nSPS) is 11.2. The number of para-hydroxylation sites is 2. The summed E-state index contributed by atoms with van der Waals surface area (Å²) in [5.74, 6) is 1.13. The molecule has 3 rings (SSSR count). The molecule has 3 aromatic rings. The molecule has 0 atom stereocenters. The van der Waals surface area contributed by atoms with E-state index in [1.807, 2.05) is 30.6 Å². The highest BCUT2D eigenvalue weighted by Crippen LogP contribution is 2.21. The molecule has 0 fully saturated rings. The topological polar surface area (TPSA) is 33.4 Å². The van der Waals surface area contributed by atoms with Gasteiger partial charge in [0.2, 0.25) is 0 Å². The number of aromatic nitrogens is 3. The van der Waals surface area contributed by atoms with Crippen LogP contribution in [0.5, 0.6) is 0 Å². The third kappa shape index (κ3) is 1.53. The highest BCUT2D eigenvalue weighted by molar-refractivity contribution is 5.79. The molecule has 2 heterocycles. The second-order valence-electron chi connectivity index (χ2n) is 4.23. The molecule has 0 spiro atoms. The van der Waals surface area contributed by atoms with Crippen molar-refractivity contribution in [3.63, 3.8) is 0 Å². The van der Waals surface area contributed by atoms with E-state index in [9.17, 15) is 0 Å². The Bertz CT molecular complexity index is 682. The van der Waals surface area contributed by atoms with Crippen LogP contribution < -0.4 is 4.90 Å². The van der Waals surface area contributed by atoms with Gasteiger partial charge in [-0.2, -0.15) is 0 Å². The molecule has 0 aliphatic heterocycles. The first kappa shape index (κ1) is 11.0. The molecule has 0 bridgehead atoms. The molecule has 4 heteroatoms. The standard InChI is InChI=1S/C14H16N4/c1-3-17(4-2)14-10-16-13-9-15-11-7-5-6-8-12(11)18(13)14/h5-10H,3-4H2,1-2H3. The second kappa shape index (κ2) is 4.29. The Morgan fingerprint density at radius 3 is 2.61 bits per heavy atom. The van der Waals surface area contributed by atoms with Gasteiger partial charge in [-0.05, 0) is 26.0 Å². The van der Waals surface area contributed by atoms with E-state index in [0.717, 1.165) is 35.6 Å². The van der Waals surface area contributed by atoms with Gasteiger partial charge in [-0.1, -0.05) is 12.1 Å². The molecular formula is C14H16N4. The van der Waals surface area contributed by atoms with Gasteiger partial charge in [0.25, 0.3) is 0 Å². The Labute approximate surface area is 106 Å². The SMILES string of the molecule is CCN(CC)c1cnc2cnc3ccccc3n12. The molecule has 0 saturated carbocycles. The zero-order valence-electron chi connectivity index (χ0n) is 10.7.